The summed E-state index contributed by atoms with van der Waals surface area (Å²) in [6.07, 6.45) is 7.93. The van der Waals surface area contributed by atoms with Crippen LogP contribution in [0.3, 0.4) is 0 Å². The summed E-state index contributed by atoms with van der Waals surface area (Å²) in [6, 6.07) is 0.532. The van der Waals surface area contributed by atoms with Crippen molar-refractivity contribution < 1.29 is 0 Å². The Hall–Kier alpha value is -0.830. The van der Waals surface area contributed by atoms with Gasteiger partial charge in [0.2, 0.25) is 0 Å². The molecule has 1 N–H and O–H groups in total. The van der Waals surface area contributed by atoms with E-state index in [4.69, 9.17) is 11.6 Å². The highest BCUT2D eigenvalue weighted by Gasteiger charge is 2.17. The SMILES string of the molecule is Cc1c(Cl)ncnc1NC1CCCC(C)CC1. The van der Waals surface area contributed by atoms with E-state index < -0.39 is 0 Å². The third-order valence-corrected chi connectivity index (χ3v) is 4.00. The number of anilines is 1. The first-order chi connectivity index (χ1) is 8.16. The molecule has 0 saturated heterocycles. The van der Waals surface area contributed by atoms with Crippen LogP contribution in [0.25, 0.3) is 0 Å². The third kappa shape index (κ3) is 3.32. The predicted octanol–water partition coefficient (Wildman–Crippen LogP) is 3.82. The number of rotatable bonds is 2. The quantitative estimate of drug-likeness (QED) is 0.643. The zero-order valence-electron chi connectivity index (χ0n) is 10.5. The van der Waals surface area contributed by atoms with E-state index in [0.29, 0.717) is 11.2 Å². The molecule has 1 aromatic rings. The number of hydrogen-bond donors (Lipinski definition) is 1. The van der Waals surface area contributed by atoms with E-state index in [-0.39, 0.29) is 0 Å². The summed E-state index contributed by atoms with van der Waals surface area (Å²) in [6.45, 7) is 4.30. The van der Waals surface area contributed by atoms with Crippen molar-refractivity contribution >= 4 is 17.4 Å². The average Bonchev–Trinajstić information content (AvgIpc) is 2.50. The molecule has 94 valence electrons. The van der Waals surface area contributed by atoms with Gasteiger partial charge >= 0.3 is 0 Å². The molecule has 4 heteroatoms. The van der Waals surface area contributed by atoms with Crippen molar-refractivity contribution in [2.24, 2.45) is 5.92 Å². The second-order valence-corrected chi connectivity index (χ2v) is 5.45. The molecular weight excluding hydrogens is 234 g/mol. The maximum Gasteiger partial charge on any atom is 0.137 e. The Balaban J connectivity index is 2.02. The van der Waals surface area contributed by atoms with Crippen molar-refractivity contribution in [3.63, 3.8) is 0 Å². The number of hydrogen-bond acceptors (Lipinski definition) is 3. The maximum absolute atomic E-state index is 6.00. The van der Waals surface area contributed by atoms with Gasteiger partial charge in [0.25, 0.3) is 0 Å². The molecule has 1 fully saturated rings. The Morgan fingerprint density at radius 3 is 2.88 bits per heavy atom. The van der Waals surface area contributed by atoms with Crippen LogP contribution in [0.2, 0.25) is 5.15 Å². The summed E-state index contributed by atoms with van der Waals surface area (Å²) < 4.78 is 0. The van der Waals surface area contributed by atoms with Crippen LogP contribution in [0.15, 0.2) is 6.33 Å². The zero-order chi connectivity index (χ0) is 12.3. The van der Waals surface area contributed by atoms with Gasteiger partial charge in [0.1, 0.15) is 17.3 Å². The van der Waals surface area contributed by atoms with E-state index in [1.165, 1.54) is 38.4 Å². The van der Waals surface area contributed by atoms with Crippen molar-refractivity contribution in [2.45, 2.75) is 52.0 Å². The van der Waals surface area contributed by atoms with Gasteiger partial charge in [0.05, 0.1) is 0 Å². The monoisotopic (exact) mass is 253 g/mol. The number of nitrogens with one attached hydrogen (secondary N) is 1. The van der Waals surface area contributed by atoms with Crippen LogP contribution in [0.4, 0.5) is 5.82 Å². The Bertz CT molecular complexity index is 381. The summed E-state index contributed by atoms with van der Waals surface area (Å²) in [7, 11) is 0. The molecule has 0 spiro atoms. The number of halogens is 1. The molecule has 0 radical (unpaired) electrons. The minimum absolute atomic E-state index is 0.532. The Kier molecular flexibility index (Phi) is 4.21. The lowest BCUT2D eigenvalue weighted by molar-refractivity contribution is 0.502. The lowest BCUT2D eigenvalue weighted by Gasteiger charge is -2.18. The van der Waals surface area contributed by atoms with Gasteiger partial charge in [0.15, 0.2) is 0 Å². The molecule has 1 saturated carbocycles. The number of nitrogens with zero attached hydrogens (tertiary/aromatic N) is 2. The van der Waals surface area contributed by atoms with Gasteiger partial charge < -0.3 is 5.32 Å². The van der Waals surface area contributed by atoms with Gasteiger partial charge in [-0.15, -0.1) is 0 Å². The lowest BCUT2D eigenvalue weighted by Crippen LogP contribution is -2.20. The first-order valence-electron chi connectivity index (χ1n) is 6.40. The molecule has 1 aromatic heterocycles. The van der Waals surface area contributed by atoms with Gasteiger partial charge in [-0.25, -0.2) is 9.97 Å². The van der Waals surface area contributed by atoms with Gasteiger partial charge in [-0.05, 0) is 32.1 Å². The molecule has 0 aromatic carbocycles. The van der Waals surface area contributed by atoms with Gasteiger partial charge in [0, 0.05) is 11.6 Å². The zero-order valence-corrected chi connectivity index (χ0v) is 11.3. The lowest BCUT2D eigenvalue weighted by atomic mass is 10.0. The number of aromatic nitrogens is 2. The molecule has 2 unspecified atom stereocenters. The van der Waals surface area contributed by atoms with Gasteiger partial charge in [-0.1, -0.05) is 31.4 Å². The van der Waals surface area contributed by atoms with Crippen LogP contribution in [0, 0.1) is 12.8 Å². The van der Waals surface area contributed by atoms with Crippen molar-refractivity contribution in [3.05, 3.63) is 17.0 Å². The predicted molar refractivity (Wildman–Crippen MR) is 71.4 cm³/mol. The summed E-state index contributed by atoms with van der Waals surface area (Å²) in [5.41, 5.74) is 0.950. The summed E-state index contributed by atoms with van der Waals surface area (Å²) in [5, 5.41) is 4.06. The summed E-state index contributed by atoms with van der Waals surface area (Å²) in [4.78, 5) is 8.25. The molecule has 2 atom stereocenters. The third-order valence-electron chi connectivity index (χ3n) is 3.62. The highest BCUT2D eigenvalue weighted by atomic mass is 35.5. The first-order valence-corrected chi connectivity index (χ1v) is 6.78. The largest absolute Gasteiger partial charge is 0.367 e. The van der Waals surface area contributed by atoms with Crippen molar-refractivity contribution in [1.82, 2.24) is 9.97 Å². The van der Waals surface area contributed by atoms with Gasteiger partial charge in [-0.3, -0.25) is 0 Å². The van der Waals surface area contributed by atoms with Crippen LogP contribution in [-0.2, 0) is 0 Å². The van der Waals surface area contributed by atoms with Crippen molar-refractivity contribution in [3.8, 4) is 0 Å². The minimum atomic E-state index is 0.532. The highest BCUT2D eigenvalue weighted by molar-refractivity contribution is 6.30. The molecule has 1 heterocycles. The maximum atomic E-state index is 6.00. The van der Waals surface area contributed by atoms with E-state index in [2.05, 4.69) is 22.2 Å². The summed E-state index contributed by atoms with van der Waals surface area (Å²) in [5.74, 6) is 1.75. The highest BCUT2D eigenvalue weighted by Crippen LogP contribution is 2.26. The molecule has 1 aliphatic rings. The van der Waals surface area contributed by atoms with E-state index in [1.807, 2.05) is 6.92 Å². The molecule has 17 heavy (non-hydrogen) atoms. The molecule has 0 amide bonds. The van der Waals surface area contributed by atoms with Crippen LogP contribution in [-0.4, -0.2) is 16.0 Å². The molecule has 3 nitrogen and oxygen atoms in total. The normalized spacial score (nSPS) is 25.4. The van der Waals surface area contributed by atoms with Crippen molar-refractivity contribution in [2.75, 3.05) is 5.32 Å². The Morgan fingerprint density at radius 1 is 1.24 bits per heavy atom. The Morgan fingerprint density at radius 2 is 2.06 bits per heavy atom. The van der Waals surface area contributed by atoms with Gasteiger partial charge in [-0.2, -0.15) is 0 Å². The molecular formula is C13H20ClN3. The molecule has 2 rings (SSSR count). The van der Waals surface area contributed by atoms with Crippen molar-refractivity contribution in [1.29, 1.82) is 0 Å². The Labute approximate surface area is 108 Å². The molecule has 1 aliphatic carbocycles. The van der Waals surface area contributed by atoms with E-state index >= 15 is 0 Å². The second-order valence-electron chi connectivity index (χ2n) is 5.09. The minimum Gasteiger partial charge on any atom is -0.367 e. The first kappa shape index (κ1) is 12.6. The fraction of sp³-hybridized carbons (Fsp3) is 0.692. The smallest absolute Gasteiger partial charge is 0.137 e. The molecule has 0 aliphatic heterocycles. The second kappa shape index (κ2) is 5.67. The van der Waals surface area contributed by atoms with Crippen LogP contribution < -0.4 is 5.32 Å². The standard InChI is InChI=1S/C13H20ClN3/c1-9-4-3-5-11(7-6-9)17-13-10(2)12(14)15-8-16-13/h8-9,11H,3-7H2,1-2H3,(H,15,16,17). The fourth-order valence-corrected chi connectivity index (χ4v) is 2.53. The van der Waals surface area contributed by atoms with E-state index in [9.17, 15) is 0 Å². The van der Waals surface area contributed by atoms with Crippen LogP contribution >= 0.6 is 11.6 Å². The summed E-state index contributed by atoms with van der Waals surface area (Å²) >= 11 is 6.00. The van der Waals surface area contributed by atoms with E-state index in [0.717, 1.165) is 17.3 Å². The van der Waals surface area contributed by atoms with Crippen LogP contribution in [0.1, 0.15) is 44.6 Å². The van der Waals surface area contributed by atoms with Crippen LogP contribution in [0.5, 0.6) is 0 Å². The average molecular weight is 254 g/mol. The topological polar surface area (TPSA) is 37.8 Å². The van der Waals surface area contributed by atoms with E-state index in [1.54, 1.807) is 0 Å². The fourth-order valence-electron chi connectivity index (χ4n) is 2.40. The molecule has 0 bridgehead atoms.